The number of allylic oxidation sites excluding steroid dienone is 2. The Morgan fingerprint density at radius 3 is 2.60 bits per heavy atom. The van der Waals surface area contributed by atoms with Gasteiger partial charge in [-0.05, 0) is 24.7 Å². The third kappa shape index (κ3) is 1.05. The van der Waals surface area contributed by atoms with E-state index in [1.54, 1.807) is 5.57 Å². The standard InChI is InChI=1S/C9H15Br/c1-4-7-5-8(6-10)9(7,2)3/h4,8H,5-6H2,1-3H3. The average Bonchev–Trinajstić information content (AvgIpc) is 1.88. The minimum absolute atomic E-state index is 0.470. The van der Waals surface area contributed by atoms with Crippen molar-refractivity contribution in [1.29, 1.82) is 0 Å². The monoisotopic (exact) mass is 202 g/mol. The zero-order valence-electron chi connectivity index (χ0n) is 6.95. The highest BCUT2D eigenvalue weighted by Crippen LogP contribution is 2.51. The van der Waals surface area contributed by atoms with Gasteiger partial charge < -0.3 is 0 Å². The summed E-state index contributed by atoms with van der Waals surface area (Å²) in [5.41, 5.74) is 2.09. The fourth-order valence-electron chi connectivity index (χ4n) is 1.65. The Balaban J connectivity index is 2.64. The minimum Gasteiger partial charge on any atom is -0.0925 e. The first kappa shape index (κ1) is 8.32. The van der Waals surface area contributed by atoms with Crippen LogP contribution < -0.4 is 0 Å². The van der Waals surface area contributed by atoms with Gasteiger partial charge in [-0.2, -0.15) is 0 Å². The van der Waals surface area contributed by atoms with Crippen molar-refractivity contribution in [3.05, 3.63) is 11.6 Å². The van der Waals surface area contributed by atoms with Gasteiger partial charge in [0.05, 0.1) is 0 Å². The molecule has 1 aliphatic carbocycles. The molecule has 0 N–H and O–H groups in total. The normalized spacial score (nSPS) is 34.0. The summed E-state index contributed by atoms with van der Waals surface area (Å²) in [5, 5.41) is 1.15. The highest BCUT2D eigenvalue weighted by atomic mass is 79.9. The topological polar surface area (TPSA) is 0 Å². The molecule has 0 saturated heterocycles. The lowest BCUT2D eigenvalue weighted by molar-refractivity contribution is 0.192. The fraction of sp³-hybridized carbons (Fsp3) is 0.778. The SMILES string of the molecule is CC=C1CC(CBr)C1(C)C. The molecule has 1 unspecified atom stereocenters. The van der Waals surface area contributed by atoms with Gasteiger partial charge in [0, 0.05) is 5.33 Å². The van der Waals surface area contributed by atoms with Crippen molar-refractivity contribution in [3.8, 4) is 0 Å². The summed E-state index contributed by atoms with van der Waals surface area (Å²) in [4.78, 5) is 0. The lowest BCUT2D eigenvalue weighted by Crippen LogP contribution is -2.38. The molecule has 1 rings (SSSR count). The maximum Gasteiger partial charge on any atom is 0.00709 e. The van der Waals surface area contributed by atoms with Crippen molar-refractivity contribution in [2.45, 2.75) is 27.2 Å². The van der Waals surface area contributed by atoms with Crippen molar-refractivity contribution in [2.24, 2.45) is 11.3 Å². The molecule has 0 nitrogen and oxygen atoms in total. The van der Waals surface area contributed by atoms with Crippen LogP contribution in [0, 0.1) is 11.3 Å². The predicted octanol–water partition coefficient (Wildman–Crippen LogP) is 3.37. The van der Waals surface area contributed by atoms with Gasteiger partial charge in [0.15, 0.2) is 0 Å². The Morgan fingerprint density at radius 1 is 1.70 bits per heavy atom. The van der Waals surface area contributed by atoms with Crippen molar-refractivity contribution >= 4 is 15.9 Å². The van der Waals surface area contributed by atoms with E-state index in [0.717, 1.165) is 11.2 Å². The third-order valence-electron chi connectivity index (χ3n) is 2.85. The maximum absolute atomic E-state index is 3.53. The molecule has 0 aromatic heterocycles. The molecule has 10 heavy (non-hydrogen) atoms. The quantitative estimate of drug-likeness (QED) is 0.452. The second-order valence-electron chi connectivity index (χ2n) is 3.59. The number of alkyl halides is 1. The Hall–Kier alpha value is 0.220. The van der Waals surface area contributed by atoms with Gasteiger partial charge in [0.2, 0.25) is 0 Å². The Kier molecular flexibility index (Phi) is 2.24. The summed E-state index contributed by atoms with van der Waals surface area (Å²) >= 11 is 3.53. The lowest BCUT2D eigenvalue weighted by atomic mass is 9.59. The number of hydrogen-bond donors (Lipinski definition) is 0. The summed E-state index contributed by atoms with van der Waals surface area (Å²) in [6, 6.07) is 0. The molecule has 1 heteroatoms. The lowest BCUT2D eigenvalue weighted by Gasteiger charge is -2.47. The van der Waals surface area contributed by atoms with Gasteiger partial charge in [0.1, 0.15) is 0 Å². The molecule has 1 saturated carbocycles. The summed E-state index contributed by atoms with van der Waals surface area (Å²) < 4.78 is 0. The van der Waals surface area contributed by atoms with Crippen LogP contribution in [0.4, 0.5) is 0 Å². The van der Waals surface area contributed by atoms with Gasteiger partial charge in [0.25, 0.3) is 0 Å². The molecule has 0 aromatic carbocycles. The van der Waals surface area contributed by atoms with Crippen LogP contribution in [0.15, 0.2) is 11.6 Å². The molecule has 0 amide bonds. The molecule has 0 radical (unpaired) electrons. The molecule has 1 aliphatic rings. The maximum atomic E-state index is 3.53. The fourth-order valence-corrected chi connectivity index (χ4v) is 2.69. The number of hydrogen-bond acceptors (Lipinski definition) is 0. The van der Waals surface area contributed by atoms with Gasteiger partial charge in [-0.3, -0.25) is 0 Å². The van der Waals surface area contributed by atoms with Gasteiger partial charge in [-0.15, -0.1) is 0 Å². The first-order valence-electron chi connectivity index (χ1n) is 3.84. The zero-order chi connectivity index (χ0) is 7.78. The van der Waals surface area contributed by atoms with E-state index in [1.807, 2.05) is 0 Å². The van der Waals surface area contributed by atoms with Crippen LogP contribution in [0.5, 0.6) is 0 Å². The van der Waals surface area contributed by atoms with E-state index in [2.05, 4.69) is 42.8 Å². The van der Waals surface area contributed by atoms with Gasteiger partial charge in [-0.25, -0.2) is 0 Å². The van der Waals surface area contributed by atoms with Crippen LogP contribution in [0.25, 0.3) is 0 Å². The zero-order valence-corrected chi connectivity index (χ0v) is 8.53. The smallest absolute Gasteiger partial charge is 0.00709 e. The largest absolute Gasteiger partial charge is 0.0925 e. The van der Waals surface area contributed by atoms with E-state index in [-0.39, 0.29) is 0 Å². The second kappa shape index (κ2) is 2.69. The molecule has 0 aromatic rings. The Labute approximate surface area is 71.8 Å². The van der Waals surface area contributed by atoms with Gasteiger partial charge in [-0.1, -0.05) is 41.4 Å². The molecule has 0 aliphatic heterocycles. The van der Waals surface area contributed by atoms with E-state index < -0.39 is 0 Å². The summed E-state index contributed by atoms with van der Waals surface area (Å²) in [5.74, 6) is 0.860. The first-order valence-corrected chi connectivity index (χ1v) is 4.96. The highest BCUT2D eigenvalue weighted by molar-refractivity contribution is 9.09. The van der Waals surface area contributed by atoms with Crippen LogP contribution in [0.3, 0.4) is 0 Å². The molecule has 0 heterocycles. The Morgan fingerprint density at radius 2 is 2.30 bits per heavy atom. The van der Waals surface area contributed by atoms with E-state index in [1.165, 1.54) is 6.42 Å². The van der Waals surface area contributed by atoms with E-state index in [0.29, 0.717) is 5.41 Å². The first-order chi connectivity index (χ1) is 4.62. The summed E-state index contributed by atoms with van der Waals surface area (Å²) in [6.45, 7) is 6.80. The molecular formula is C9H15Br. The van der Waals surface area contributed by atoms with E-state index >= 15 is 0 Å². The van der Waals surface area contributed by atoms with Crippen LogP contribution >= 0.6 is 15.9 Å². The molecule has 1 atom stereocenters. The van der Waals surface area contributed by atoms with Crippen molar-refractivity contribution in [3.63, 3.8) is 0 Å². The van der Waals surface area contributed by atoms with Crippen LogP contribution in [-0.2, 0) is 0 Å². The minimum atomic E-state index is 0.470. The highest BCUT2D eigenvalue weighted by Gasteiger charge is 2.41. The Bertz CT molecular complexity index is 156. The molecular weight excluding hydrogens is 188 g/mol. The van der Waals surface area contributed by atoms with Crippen LogP contribution in [-0.4, -0.2) is 5.33 Å². The predicted molar refractivity (Wildman–Crippen MR) is 49.4 cm³/mol. The van der Waals surface area contributed by atoms with Gasteiger partial charge >= 0.3 is 0 Å². The third-order valence-corrected chi connectivity index (χ3v) is 3.63. The van der Waals surface area contributed by atoms with E-state index in [4.69, 9.17) is 0 Å². The average molecular weight is 203 g/mol. The number of halogens is 1. The van der Waals surface area contributed by atoms with E-state index in [9.17, 15) is 0 Å². The molecule has 0 bridgehead atoms. The summed E-state index contributed by atoms with van der Waals surface area (Å²) in [7, 11) is 0. The number of rotatable bonds is 1. The summed E-state index contributed by atoms with van der Waals surface area (Å²) in [6.07, 6.45) is 3.56. The van der Waals surface area contributed by atoms with Crippen LogP contribution in [0.1, 0.15) is 27.2 Å². The molecule has 1 fully saturated rings. The van der Waals surface area contributed by atoms with Crippen molar-refractivity contribution in [1.82, 2.24) is 0 Å². The van der Waals surface area contributed by atoms with Crippen molar-refractivity contribution < 1.29 is 0 Å². The van der Waals surface area contributed by atoms with Crippen LogP contribution in [0.2, 0.25) is 0 Å². The van der Waals surface area contributed by atoms with Crippen molar-refractivity contribution in [2.75, 3.05) is 5.33 Å². The molecule has 0 spiro atoms. The molecule has 58 valence electrons. The second-order valence-corrected chi connectivity index (χ2v) is 4.24.